The summed E-state index contributed by atoms with van der Waals surface area (Å²) < 4.78 is 24.4. The molecule has 0 saturated heterocycles. The number of hydrogen-bond donors (Lipinski definition) is 2. The van der Waals surface area contributed by atoms with E-state index in [1.54, 1.807) is 16.8 Å². The maximum Gasteiger partial charge on any atom is 0.261 e. The summed E-state index contributed by atoms with van der Waals surface area (Å²) in [5.74, 6) is -0.177. The van der Waals surface area contributed by atoms with E-state index in [-0.39, 0.29) is 16.8 Å². The second kappa shape index (κ2) is 6.25. The third-order valence-electron chi connectivity index (χ3n) is 3.98. The van der Waals surface area contributed by atoms with Gasteiger partial charge in [-0.05, 0) is 37.6 Å². The second-order valence-electron chi connectivity index (χ2n) is 5.85. The lowest BCUT2D eigenvalue weighted by molar-refractivity contribution is 0.0944. The van der Waals surface area contributed by atoms with E-state index >= 15 is 0 Å². The summed E-state index contributed by atoms with van der Waals surface area (Å²) in [5.41, 5.74) is 1.68. The number of aryl methyl sites for hydroxylation is 2. The number of thiophene rings is 1. The maximum absolute atomic E-state index is 12.5. The molecule has 1 unspecified atom stereocenters. The molecule has 0 aliphatic carbocycles. The van der Waals surface area contributed by atoms with E-state index in [4.69, 9.17) is 5.14 Å². The fourth-order valence-corrected chi connectivity index (χ4v) is 4.16. The van der Waals surface area contributed by atoms with Crippen LogP contribution in [0.5, 0.6) is 0 Å². The van der Waals surface area contributed by atoms with E-state index in [9.17, 15) is 13.2 Å². The van der Waals surface area contributed by atoms with Crippen LogP contribution in [0.2, 0.25) is 0 Å². The predicted octanol–water partition coefficient (Wildman–Crippen LogP) is 2.08. The number of amides is 1. The average molecular weight is 378 g/mol. The summed E-state index contributed by atoms with van der Waals surface area (Å²) in [5, 5.41) is 13.3. The average Bonchev–Trinajstić information content (AvgIpc) is 3.09. The molecule has 0 bridgehead atoms. The largest absolute Gasteiger partial charge is 0.345 e. The third-order valence-corrected chi connectivity index (χ3v) is 6.11. The molecule has 1 amide bonds. The van der Waals surface area contributed by atoms with Crippen LogP contribution >= 0.6 is 11.3 Å². The molecule has 25 heavy (non-hydrogen) atoms. The molecule has 2 heterocycles. The van der Waals surface area contributed by atoms with Crippen molar-refractivity contribution in [2.45, 2.75) is 24.8 Å². The lowest BCUT2D eigenvalue weighted by atomic mass is 10.1. The van der Waals surface area contributed by atoms with Crippen LogP contribution in [-0.4, -0.2) is 24.1 Å². The Morgan fingerprint density at radius 3 is 2.52 bits per heavy atom. The van der Waals surface area contributed by atoms with Crippen LogP contribution in [0.15, 0.2) is 35.2 Å². The Balaban J connectivity index is 1.78. The molecule has 7 nitrogen and oxygen atoms in total. The van der Waals surface area contributed by atoms with Crippen molar-refractivity contribution >= 4 is 37.5 Å². The van der Waals surface area contributed by atoms with Crippen LogP contribution < -0.4 is 10.5 Å². The first kappa shape index (κ1) is 17.6. The zero-order valence-corrected chi connectivity index (χ0v) is 15.6. The second-order valence-corrected chi connectivity index (χ2v) is 8.44. The van der Waals surface area contributed by atoms with Gasteiger partial charge in [-0.25, -0.2) is 13.6 Å². The standard InChI is InChI=1S/C16H18N4O3S2/c1-9(11-4-6-12(7-5-11)25(17,22)23)18-15(21)14-8-13-10(2)19-20(3)16(13)24-14/h4-9H,1-3H3,(H,18,21)(H2,17,22,23). The fourth-order valence-electron chi connectivity index (χ4n) is 2.61. The van der Waals surface area contributed by atoms with Crippen molar-refractivity contribution in [3.05, 3.63) is 46.5 Å². The number of nitrogens with zero attached hydrogens (tertiary/aromatic N) is 2. The first-order valence-corrected chi connectivity index (χ1v) is 9.90. The van der Waals surface area contributed by atoms with E-state index in [0.717, 1.165) is 21.5 Å². The monoisotopic (exact) mass is 378 g/mol. The van der Waals surface area contributed by atoms with Crippen molar-refractivity contribution in [2.75, 3.05) is 0 Å². The lowest BCUT2D eigenvalue weighted by Crippen LogP contribution is -2.26. The van der Waals surface area contributed by atoms with Gasteiger partial charge in [0.2, 0.25) is 10.0 Å². The molecule has 9 heteroatoms. The smallest absolute Gasteiger partial charge is 0.261 e. The number of primary sulfonamides is 1. The minimum Gasteiger partial charge on any atom is -0.345 e. The summed E-state index contributed by atoms with van der Waals surface area (Å²) in [4.78, 5) is 14.1. The van der Waals surface area contributed by atoms with Crippen LogP contribution in [0.3, 0.4) is 0 Å². The number of aromatic nitrogens is 2. The number of sulfonamides is 1. The fraction of sp³-hybridized carbons (Fsp3) is 0.250. The Morgan fingerprint density at radius 1 is 1.32 bits per heavy atom. The predicted molar refractivity (Wildman–Crippen MR) is 97.0 cm³/mol. The summed E-state index contributed by atoms with van der Waals surface area (Å²) >= 11 is 1.39. The SMILES string of the molecule is Cc1nn(C)c2sc(C(=O)NC(C)c3ccc(S(N)(=O)=O)cc3)cc12. The molecule has 0 saturated carbocycles. The van der Waals surface area contributed by atoms with E-state index in [2.05, 4.69) is 10.4 Å². The first-order valence-electron chi connectivity index (χ1n) is 7.53. The molecule has 1 aromatic carbocycles. The number of carbonyl (C=O) groups is 1. The quantitative estimate of drug-likeness (QED) is 0.725. The highest BCUT2D eigenvalue weighted by Gasteiger charge is 2.17. The van der Waals surface area contributed by atoms with Gasteiger partial charge in [0.25, 0.3) is 5.91 Å². The molecule has 0 spiro atoms. The van der Waals surface area contributed by atoms with Crippen molar-refractivity contribution in [2.24, 2.45) is 12.2 Å². The topological polar surface area (TPSA) is 107 Å². The number of rotatable bonds is 4. The molecular weight excluding hydrogens is 360 g/mol. The van der Waals surface area contributed by atoms with Gasteiger partial charge in [0.15, 0.2) is 0 Å². The van der Waals surface area contributed by atoms with Gasteiger partial charge >= 0.3 is 0 Å². The minimum absolute atomic E-state index is 0.0438. The van der Waals surface area contributed by atoms with Gasteiger partial charge in [-0.2, -0.15) is 5.10 Å². The molecule has 0 aliphatic rings. The Morgan fingerprint density at radius 2 is 1.96 bits per heavy atom. The molecule has 2 aromatic heterocycles. The molecule has 3 N–H and O–H groups in total. The molecular formula is C16H18N4O3S2. The first-order chi connectivity index (χ1) is 11.7. The number of nitrogens with two attached hydrogens (primary N) is 1. The number of hydrogen-bond acceptors (Lipinski definition) is 5. The van der Waals surface area contributed by atoms with Gasteiger partial charge in [-0.1, -0.05) is 12.1 Å². The Bertz CT molecular complexity index is 1010. The van der Waals surface area contributed by atoms with E-state index in [0.29, 0.717) is 4.88 Å². The van der Waals surface area contributed by atoms with Crippen molar-refractivity contribution in [3.8, 4) is 0 Å². The molecule has 132 valence electrons. The minimum atomic E-state index is -3.72. The number of nitrogens with one attached hydrogen (secondary N) is 1. The highest BCUT2D eigenvalue weighted by atomic mass is 32.2. The molecule has 1 atom stereocenters. The van der Waals surface area contributed by atoms with Crippen molar-refractivity contribution in [1.29, 1.82) is 0 Å². The molecule has 0 aliphatic heterocycles. The third kappa shape index (κ3) is 3.44. The van der Waals surface area contributed by atoms with Crippen molar-refractivity contribution < 1.29 is 13.2 Å². The molecule has 0 radical (unpaired) electrons. The molecule has 0 fully saturated rings. The van der Waals surface area contributed by atoms with Gasteiger partial charge in [-0.3, -0.25) is 9.48 Å². The van der Waals surface area contributed by atoms with Gasteiger partial charge in [0.1, 0.15) is 4.83 Å². The Kier molecular flexibility index (Phi) is 4.40. The molecule has 3 rings (SSSR count). The van der Waals surface area contributed by atoms with Crippen LogP contribution in [0.4, 0.5) is 0 Å². The highest BCUT2D eigenvalue weighted by Crippen LogP contribution is 2.28. The summed E-state index contributed by atoms with van der Waals surface area (Å²) in [7, 11) is -1.87. The number of carbonyl (C=O) groups excluding carboxylic acids is 1. The maximum atomic E-state index is 12.5. The zero-order chi connectivity index (χ0) is 18.4. The highest BCUT2D eigenvalue weighted by molar-refractivity contribution is 7.89. The van der Waals surface area contributed by atoms with Gasteiger partial charge in [-0.15, -0.1) is 11.3 Å². The number of fused-ring (bicyclic) bond motifs is 1. The summed E-state index contributed by atoms with van der Waals surface area (Å²) in [6.07, 6.45) is 0. The summed E-state index contributed by atoms with van der Waals surface area (Å²) in [6, 6.07) is 7.72. The van der Waals surface area contributed by atoms with Crippen LogP contribution in [0, 0.1) is 6.92 Å². The molecule has 3 aromatic rings. The van der Waals surface area contributed by atoms with E-state index in [1.807, 2.05) is 27.0 Å². The van der Waals surface area contributed by atoms with E-state index < -0.39 is 10.0 Å². The number of benzene rings is 1. The van der Waals surface area contributed by atoms with Crippen molar-refractivity contribution in [1.82, 2.24) is 15.1 Å². The van der Waals surface area contributed by atoms with E-state index in [1.165, 1.54) is 23.5 Å². The van der Waals surface area contributed by atoms with Crippen LogP contribution in [0.25, 0.3) is 10.2 Å². The van der Waals surface area contributed by atoms with Crippen molar-refractivity contribution in [3.63, 3.8) is 0 Å². The van der Waals surface area contributed by atoms with Crippen LogP contribution in [-0.2, 0) is 17.1 Å². The van der Waals surface area contributed by atoms with Crippen LogP contribution in [0.1, 0.15) is 33.9 Å². The van der Waals surface area contributed by atoms with Gasteiger partial charge in [0.05, 0.1) is 21.5 Å². The van der Waals surface area contributed by atoms with Gasteiger partial charge < -0.3 is 5.32 Å². The Labute approximate surface area is 149 Å². The van der Waals surface area contributed by atoms with Gasteiger partial charge in [0, 0.05) is 12.4 Å². The Hall–Kier alpha value is -2.23. The lowest BCUT2D eigenvalue weighted by Gasteiger charge is -2.14. The normalized spacial score (nSPS) is 13.1. The zero-order valence-electron chi connectivity index (χ0n) is 14.0. The summed E-state index contributed by atoms with van der Waals surface area (Å²) in [6.45, 7) is 3.75.